The molecule has 0 aromatic carbocycles. The van der Waals surface area contributed by atoms with Crippen LogP contribution in [0.4, 0.5) is 4.79 Å². The molecular weight excluding hydrogens is 236 g/mol. The number of amides is 2. The van der Waals surface area contributed by atoms with Crippen LogP contribution in [0.1, 0.15) is 20.3 Å². The van der Waals surface area contributed by atoms with Crippen molar-refractivity contribution in [2.24, 2.45) is 5.92 Å². The van der Waals surface area contributed by atoms with Crippen molar-refractivity contribution < 1.29 is 19.4 Å². The van der Waals surface area contributed by atoms with E-state index in [1.54, 1.807) is 11.9 Å². The number of hydrogen-bond donors (Lipinski definition) is 1. The third-order valence-electron chi connectivity index (χ3n) is 3.03. The second-order valence-electron chi connectivity index (χ2n) is 5.01. The van der Waals surface area contributed by atoms with Crippen LogP contribution >= 0.6 is 0 Å². The van der Waals surface area contributed by atoms with Gasteiger partial charge in [0.15, 0.2) is 6.04 Å². The molecule has 1 N–H and O–H groups in total. The van der Waals surface area contributed by atoms with Gasteiger partial charge in [-0.1, -0.05) is 13.8 Å². The Morgan fingerprint density at radius 1 is 1.50 bits per heavy atom. The van der Waals surface area contributed by atoms with E-state index in [0.717, 1.165) is 6.42 Å². The predicted molar refractivity (Wildman–Crippen MR) is 66.4 cm³/mol. The zero-order valence-electron chi connectivity index (χ0n) is 11.3. The number of carbonyl (C=O) groups excluding carboxylic acids is 1. The lowest BCUT2D eigenvalue weighted by Gasteiger charge is -2.35. The van der Waals surface area contributed by atoms with Crippen molar-refractivity contribution in [3.05, 3.63) is 0 Å². The molecule has 0 aliphatic carbocycles. The number of aliphatic carboxylic acids is 1. The third-order valence-corrected chi connectivity index (χ3v) is 3.03. The van der Waals surface area contributed by atoms with Gasteiger partial charge in [0.25, 0.3) is 0 Å². The normalized spacial score (nSPS) is 20.0. The van der Waals surface area contributed by atoms with Crippen molar-refractivity contribution in [1.29, 1.82) is 0 Å². The highest BCUT2D eigenvalue weighted by Gasteiger charge is 2.34. The Morgan fingerprint density at radius 3 is 2.72 bits per heavy atom. The first-order valence-electron chi connectivity index (χ1n) is 6.25. The largest absolute Gasteiger partial charge is 0.480 e. The van der Waals surface area contributed by atoms with Crippen molar-refractivity contribution in [3.63, 3.8) is 0 Å². The first-order valence-corrected chi connectivity index (χ1v) is 6.25. The number of carboxylic acids is 1. The molecule has 0 bridgehead atoms. The van der Waals surface area contributed by atoms with Crippen LogP contribution in [0.25, 0.3) is 0 Å². The topological polar surface area (TPSA) is 70.1 Å². The minimum absolute atomic E-state index is 0.0685. The lowest BCUT2D eigenvalue weighted by molar-refractivity contribution is -0.147. The van der Waals surface area contributed by atoms with Crippen LogP contribution in [-0.4, -0.2) is 66.3 Å². The quantitative estimate of drug-likeness (QED) is 0.812. The van der Waals surface area contributed by atoms with E-state index in [1.807, 2.05) is 0 Å². The summed E-state index contributed by atoms with van der Waals surface area (Å²) in [6.45, 7) is 5.62. The van der Waals surface area contributed by atoms with Gasteiger partial charge in [-0.25, -0.2) is 9.59 Å². The molecule has 1 saturated heterocycles. The Hall–Kier alpha value is -1.30. The fraction of sp³-hybridized carbons (Fsp3) is 0.833. The molecule has 104 valence electrons. The summed E-state index contributed by atoms with van der Waals surface area (Å²) in [4.78, 5) is 26.2. The van der Waals surface area contributed by atoms with Crippen LogP contribution in [0.2, 0.25) is 0 Å². The second kappa shape index (κ2) is 6.58. The van der Waals surface area contributed by atoms with E-state index in [0.29, 0.717) is 25.6 Å². The van der Waals surface area contributed by atoms with Crippen LogP contribution in [0, 0.1) is 5.92 Å². The Bertz CT molecular complexity index is 306. The van der Waals surface area contributed by atoms with Crippen molar-refractivity contribution in [2.45, 2.75) is 26.3 Å². The minimum Gasteiger partial charge on any atom is -0.480 e. The monoisotopic (exact) mass is 258 g/mol. The van der Waals surface area contributed by atoms with Gasteiger partial charge in [0.05, 0.1) is 13.2 Å². The molecule has 2 amide bonds. The maximum absolute atomic E-state index is 12.2. The lowest BCUT2D eigenvalue weighted by Crippen LogP contribution is -2.56. The molecule has 1 fully saturated rings. The molecule has 6 nitrogen and oxygen atoms in total. The van der Waals surface area contributed by atoms with E-state index in [-0.39, 0.29) is 12.6 Å². The molecule has 0 radical (unpaired) electrons. The van der Waals surface area contributed by atoms with Crippen LogP contribution in [0.3, 0.4) is 0 Å². The Morgan fingerprint density at radius 2 is 2.17 bits per heavy atom. The molecule has 1 rings (SSSR count). The van der Waals surface area contributed by atoms with E-state index in [2.05, 4.69) is 13.8 Å². The molecular formula is C12H22N2O4. The predicted octanol–water partition coefficient (Wildman–Crippen LogP) is 0.870. The molecule has 0 aromatic heterocycles. The van der Waals surface area contributed by atoms with Crippen molar-refractivity contribution in [1.82, 2.24) is 9.80 Å². The van der Waals surface area contributed by atoms with E-state index >= 15 is 0 Å². The molecule has 6 heteroatoms. The highest BCUT2D eigenvalue weighted by atomic mass is 16.5. The smallest absolute Gasteiger partial charge is 0.328 e. The summed E-state index contributed by atoms with van der Waals surface area (Å²) in [7, 11) is 1.71. The number of nitrogens with zero attached hydrogens (tertiary/aromatic N) is 2. The van der Waals surface area contributed by atoms with E-state index in [9.17, 15) is 9.59 Å². The summed E-state index contributed by atoms with van der Waals surface area (Å²) in [5, 5.41) is 9.07. The van der Waals surface area contributed by atoms with Gasteiger partial charge >= 0.3 is 12.0 Å². The molecule has 0 saturated carbocycles. The van der Waals surface area contributed by atoms with Crippen LogP contribution in [0.5, 0.6) is 0 Å². The molecule has 0 spiro atoms. The standard InChI is InChI=1S/C12H22N2O4/c1-9(2)4-5-13(3)12(17)14-6-7-18-8-10(14)11(15)16/h9-10H,4-8H2,1-3H3,(H,15,16). The van der Waals surface area contributed by atoms with Gasteiger partial charge < -0.3 is 19.6 Å². The number of morpholine rings is 1. The molecule has 1 heterocycles. The maximum Gasteiger partial charge on any atom is 0.328 e. The summed E-state index contributed by atoms with van der Waals surface area (Å²) in [5.41, 5.74) is 0. The molecule has 1 atom stereocenters. The van der Waals surface area contributed by atoms with Gasteiger partial charge in [-0.3, -0.25) is 0 Å². The van der Waals surface area contributed by atoms with Gasteiger partial charge in [-0.2, -0.15) is 0 Å². The molecule has 1 unspecified atom stereocenters. The van der Waals surface area contributed by atoms with Crippen molar-refractivity contribution >= 4 is 12.0 Å². The Balaban J connectivity index is 2.59. The molecule has 0 aromatic rings. The summed E-state index contributed by atoms with van der Waals surface area (Å²) < 4.78 is 5.11. The van der Waals surface area contributed by atoms with Crippen molar-refractivity contribution in [3.8, 4) is 0 Å². The van der Waals surface area contributed by atoms with Gasteiger partial charge in [0.1, 0.15) is 0 Å². The first kappa shape index (κ1) is 14.8. The average molecular weight is 258 g/mol. The Kier molecular flexibility index (Phi) is 5.40. The lowest BCUT2D eigenvalue weighted by atomic mass is 10.1. The third kappa shape index (κ3) is 3.87. The molecule has 18 heavy (non-hydrogen) atoms. The zero-order chi connectivity index (χ0) is 13.7. The van der Waals surface area contributed by atoms with Crippen LogP contribution in [-0.2, 0) is 9.53 Å². The molecule has 1 aliphatic heterocycles. The van der Waals surface area contributed by atoms with Gasteiger partial charge in [0.2, 0.25) is 0 Å². The highest BCUT2D eigenvalue weighted by molar-refractivity contribution is 5.82. The van der Waals surface area contributed by atoms with E-state index < -0.39 is 12.0 Å². The van der Waals surface area contributed by atoms with Crippen molar-refractivity contribution in [2.75, 3.05) is 33.4 Å². The number of carboxylic acid groups (broad SMARTS) is 1. The summed E-state index contributed by atoms with van der Waals surface area (Å²) in [6.07, 6.45) is 0.907. The average Bonchev–Trinajstić information content (AvgIpc) is 2.34. The van der Waals surface area contributed by atoms with Gasteiger partial charge in [-0.05, 0) is 12.3 Å². The summed E-state index contributed by atoms with van der Waals surface area (Å²) in [6, 6.07) is -1.10. The number of ether oxygens (including phenoxy) is 1. The van der Waals surface area contributed by atoms with Gasteiger partial charge in [0, 0.05) is 20.1 Å². The van der Waals surface area contributed by atoms with Crippen LogP contribution < -0.4 is 0 Å². The molecule has 1 aliphatic rings. The zero-order valence-corrected chi connectivity index (χ0v) is 11.3. The minimum atomic E-state index is -1.01. The van der Waals surface area contributed by atoms with Crippen LogP contribution in [0.15, 0.2) is 0 Å². The maximum atomic E-state index is 12.2. The summed E-state index contributed by atoms with van der Waals surface area (Å²) in [5.74, 6) is -0.500. The number of urea groups is 1. The van der Waals surface area contributed by atoms with E-state index in [1.165, 1.54) is 4.90 Å². The number of carbonyl (C=O) groups is 2. The fourth-order valence-corrected chi connectivity index (χ4v) is 1.80. The second-order valence-corrected chi connectivity index (χ2v) is 5.01. The SMILES string of the molecule is CC(C)CCN(C)C(=O)N1CCOCC1C(=O)O. The first-order chi connectivity index (χ1) is 8.43. The number of hydrogen-bond acceptors (Lipinski definition) is 3. The highest BCUT2D eigenvalue weighted by Crippen LogP contribution is 2.11. The Labute approximate surface area is 107 Å². The number of rotatable bonds is 4. The fourth-order valence-electron chi connectivity index (χ4n) is 1.80. The summed E-state index contributed by atoms with van der Waals surface area (Å²) >= 11 is 0. The van der Waals surface area contributed by atoms with E-state index in [4.69, 9.17) is 9.84 Å². The van der Waals surface area contributed by atoms with Gasteiger partial charge in [-0.15, -0.1) is 0 Å².